The molecule has 28 heavy (non-hydrogen) atoms. The zero-order valence-corrected chi connectivity index (χ0v) is 14.3. The molecule has 3 rings (SSSR count). The van der Waals surface area contributed by atoms with Gasteiger partial charge in [0.25, 0.3) is 11.6 Å². The van der Waals surface area contributed by atoms with Gasteiger partial charge in [-0.25, -0.2) is 4.79 Å². The van der Waals surface area contributed by atoms with Crippen LogP contribution in [0.5, 0.6) is 11.5 Å². The third-order valence-electron chi connectivity index (χ3n) is 3.73. The molecule has 0 saturated carbocycles. The molecule has 0 fully saturated rings. The molecular formula is C18H13N3O7. The fraction of sp³-hybridized carbons (Fsp3) is 0.167. The van der Waals surface area contributed by atoms with Crippen LogP contribution in [0.4, 0.5) is 11.4 Å². The lowest BCUT2D eigenvalue weighted by molar-refractivity contribution is -0.384. The molecule has 0 saturated heterocycles. The van der Waals surface area contributed by atoms with Crippen LogP contribution in [0.1, 0.15) is 5.56 Å². The summed E-state index contributed by atoms with van der Waals surface area (Å²) < 4.78 is 15.8. The van der Waals surface area contributed by atoms with E-state index in [0.717, 1.165) is 12.1 Å². The number of esters is 1. The molecule has 0 radical (unpaired) electrons. The molecular weight excluding hydrogens is 370 g/mol. The molecule has 1 N–H and O–H groups in total. The highest BCUT2D eigenvalue weighted by Crippen LogP contribution is 2.31. The monoisotopic (exact) mass is 383 g/mol. The van der Waals surface area contributed by atoms with E-state index in [1.165, 1.54) is 6.07 Å². The molecule has 0 spiro atoms. The lowest BCUT2D eigenvalue weighted by atomic mass is 10.1. The first-order valence-electron chi connectivity index (χ1n) is 8.01. The maximum atomic E-state index is 12.1. The summed E-state index contributed by atoms with van der Waals surface area (Å²) in [5.41, 5.74) is -0.300. The highest BCUT2D eigenvalue weighted by molar-refractivity contribution is 5.94. The van der Waals surface area contributed by atoms with Crippen LogP contribution in [0.15, 0.2) is 42.5 Å². The van der Waals surface area contributed by atoms with E-state index in [1.807, 2.05) is 0 Å². The van der Waals surface area contributed by atoms with E-state index in [9.17, 15) is 19.7 Å². The largest absolute Gasteiger partial charge is 0.485 e. The molecule has 0 aliphatic carbocycles. The first kappa shape index (κ1) is 18.7. The Bertz CT molecular complexity index is 983. The van der Waals surface area contributed by atoms with Crippen LogP contribution in [-0.2, 0) is 14.3 Å². The van der Waals surface area contributed by atoms with Gasteiger partial charge >= 0.3 is 5.97 Å². The van der Waals surface area contributed by atoms with Crippen LogP contribution in [0, 0.1) is 21.4 Å². The molecule has 1 atom stereocenters. The maximum Gasteiger partial charge on any atom is 0.351 e. The number of amides is 1. The molecule has 1 aliphatic rings. The quantitative estimate of drug-likeness (QED) is 0.468. The molecule has 0 unspecified atom stereocenters. The summed E-state index contributed by atoms with van der Waals surface area (Å²) in [6, 6.07) is 12.0. The van der Waals surface area contributed by atoms with Crippen molar-refractivity contribution in [3.8, 4) is 17.6 Å². The number of carbonyl (C=O) groups is 2. The van der Waals surface area contributed by atoms with Crippen LogP contribution in [-0.4, -0.2) is 36.1 Å². The average molecular weight is 383 g/mol. The highest BCUT2D eigenvalue weighted by Gasteiger charge is 2.29. The number of nitriles is 1. The zero-order chi connectivity index (χ0) is 20.1. The van der Waals surface area contributed by atoms with E-state index < -0.39 is 29.5 Å². The van der Waals surface area contributed by atoms with Gasteiger partial charge in [-0.3, -0.25) is 14.9 Å². The fourth-order valence-electron chi connectivity index (χ4n) is 2.40. The van der Waals surface area contributed by atoms with Gasteiger partial charge in [-0.15, -0.1) is 0 Å². The van der Waals surface area contributed by atoms with E-state index in [0.29, 0.717) is 11.5 Å². The molecule has 10 nitrogen and oxygen atoms in total. The van der Waals surface area contributed by atoms with E-state index in [4.69, 9.17) is 19.5 Å². The van der Waals surface area contributed by atoms with Crippen LogP contribution < -0.4 is 14.8 Å². The number of benzene rings is 2. The van der Waals surface area contributed by atoms with Crippen molar-refractivity contribution < 1.29 is 28.7 Å². The molecule has 2 aromatic rings. The topological polar surface area (TPSA) is 141 Å². The van der Waals surface area contributed by atoms with Gasteiger partial charge in [0.1, 0.15) is 12.7 Å². The molecule has 1 amide bonds. The Labute approximate surface area is 158 Å². The Balaban J connectivity index is 1.56. The van der Waals surface area contributed by atoms with Gasteiger partial charge < -0.3 is 19.5 Å². The number of nitro benzene ring substituents is 1. The summed E-state index contributed by atoms with van der Waals surface area (Å²) in [5.74, 6) is -0.596. The van der Waals surface area contributed by atoms with Crippen molar-refractivity contribution in [1.82, 2.24) is 0 Å². The Morgan fingerprint density at radius 2 is 2.04 bits per heavy atom. The SMILES string of the molecule is N#Cc1cc([N+](=O)[O-])ccc1NC(=O)COC(=O)[C@H]1COc2ccccc2O1. The normalized spacial score (nSPS) is 14.5. The van der Waals surface area contributed by atoms with Crippen molar-refractivity contribution in [1.29, 1.82) is 5.26 Å². The van der Waals surface area contributed by atoms with Crippen molar-refractivity contribution >= 4 is 23.3 Å². The number of para-hydroxylation sites is 2. The number of hydrogen-bond donors (Lipinski definition) is 1. The van der Waals surface area contributed by atoms with Crippen LogP contribution in [0.2, 0.25) is 0 Å². The number of anilines is 1. The van der Waals surface area contributed by atoms with Gasteiger partial charge in [-0.05, 0) is 18.2 Å². The van der Waals surface area contributed by atoms with Gasteiger partial charge in [-0.1, -0.05) is 12.1 Å². The smallest absolute Gasteiger partial charge is 0.351 e. The van der Waals surface area contributed by atoms with Gasteiger partial charge in [0.05, 0.1) is 16.2 Å². The van der Waals surface area contributed by atoms with Gasteiger partial charge in [0.15, 0.2) is 18.1 Å². The minimum absolute atomic E-state index is 0.0571. The molecule has 1 heterocycles. The second-order valence-corrected chi connectivity index (χ2v) is 5.62. The van der Waals surface area contributed by atoms with E-state index in [-0.39, 0.29) is 23.5 Å². The third-order valence-corrected chi connectivity index (χ3v) is 3.73. The number of nitrogens with zero attached hydrogens (tertiary/aromatic N) is 2. The van der Waals surface area contributed by atoms with Crippen LogP contribution >= 0.6 is 0 Å². The van der Waals surface area contributed by atoms with Gasteiger partial charge in [0.2, 0.25) is 6.10 Å². The lowest BCUT2D eigenvalue weighted by Gasteiger charge is -2.24. The summed E-state index contributed by atoms with van der Waals surface area (Å²) in [5, 5.41) is 22.2. The summed E-state index contributed by atoms with van der Waals surface area (Å²) in [4.78, 5) is 34.1. The first-order chi connectivity index (χ1) is 13.5. The number of fused-ring (bicyclic) bond motifs is 1. The number of non-ortho nitro benzene ring substituents is 1. The van der Waals surface area contributed by atoms with Gasteiger partial charge in [-0.2, -0.15) is 5.26 Å². The molecule has 0 aromatic heterocycles. The predicted molar refractivity (Wildman–Crippen MR) is 93.8 cm³/mol. The predicted octanol–water partition coefficient (Wildman–Crippen LogP) is 1.79. The first-order valence-corrected chi connectivity index (χ1v) is 8.01. The van der Waals surface area contributed by atoms with Crippen molar-refractivity contribution in [2.45, 2.75) is 6.10 Å². The summed E-state index contributed by atoms with van der Waals surface area (Å²) in [6.45, 7) is -0.680. The molecule has 10 heteroatoms. The molecule has 2 aromatic carbocycles. The average Bonchev–Trinajstić information content (AvgIpc) is 2.71. The Morgan fingerprint density at radius 1 is 1.29 bits per heavy atom. The van der Waals surface area contributed by atoms with Crippen molar-refractivity contribution in [3.63, 3.8) is 0 Å². The van der Waals surface area contributed by atoms with Crippen LogP contribution in [0.25, 0.3) is 0 Å². The number of hydrogen-bond acceptors (Lipinski definition) is 8. The Morgan fingerprint density at radius 3 is 2.75 bits per heavy atom. The molecule has 1 aliphatic heterocycles. The minimum Gasteiger partial charge on any atom is -0.485 e. The maximum absolute atomic E-state index is 12.1. The molecule has 142 valence electrons. The minimum atomic E-state index is -1.02. The zero-order valence-electron chi connectivity index (χ0n) is 14.3. The van der Waals surface area contributed by atoms with Crippen molar-refractivity contribution in [2.24, 2.45) is 0 Å². The highest BCUT2D eigenvalue weighted by atomic mass is 16.6. The van der Waals surface area contributed by atoms with E-state index >= 15 is 0 Å². The van der Waals surface area contributed by atoms with Crippen LogP contribution in [0.3, 0.4) is 0 Å². The van der Waals surface area contributed by atoms with E-state index in [2.05, 4.69) is 5.32 Å². The summed E-state index contributed by atoms with van der Waals surface area (Å²) in [6.07, 6.45) is -1.02. The second-order valence-electron chi connectivity index (χ2n) is 5.62. The Hall–Kier alpha value is -4.13. The number of nitro groups is 1. The van der Waals surface area contributed by atoms with Crippen molar-refractivity contribution in [3.05, 3.63) is 58.1 Å². The Kier molecular flexibility index (Phi) is 5.36. The standard InChI is InChI=1S/C18H13N3O7/c19-8-11-7-12(21(24)25)5-6-13(11)20-17(22)10-27-18(23)16-9-26-14-3-1-2-4-15(14)28-16/h1-7,16H,9-10H2,(H,20,22)/t16-/m1/s1. The fourth-order valence-corrected chi connectivity index (χ4v) is 2.40. The number of rotatable bonds is 5. The number of carbonyl (C=O) groups excluding carboxylic acids is 2. The summed E-state index contributed by atoms with van der Waals surface area (Å²) >= 11 is 0. The second kappa shape index (κ2) is 8.05. The number of nitrogens with one attached hydrogen (secondary N) is 1. The number of ether oxygens (including phenoxy) is 3. The van der Waals surface area contributed by atoms with Crippen molar-refractivity contribution in [2.75, 3.05) is 18.5 Å². The third kappa shape index (κ3) is 4.16. The summed E-state index contributed by atoms with van der Waals surface area (Å²) in [7, 11) is 0. The molecule has 0 bridgehead atoms. The lowest BCUT2D eigenvalue weighted by Crippen LogP contribution is -2.39. The van der Waals surface area contributed by atoms with Gasteiger partial charge in [0, 0.05) is 12.1 Å². The van der Waals surface area contributed by atoms with E-state index in [1.54, 1.807) is 30.3 Å².